The Bertz CT molecular complexity index is 783. The average molecular weight is 390 g/mol. The van der Waals surface area contributed by atoms with Crippen LogP contribution in [-0.4, -0.2) is 32.2 Å². The van der Waals surface area contributed by atoms with Crippen molar-refractivity contribution < 1.29 is 19.5 Å². The molecule has 0 unspecified atom stereocenters. The normalized spacial score (nSPS) is 19.8. The SMILES string of the molecule is O=C(O)c1ccc(/C=C2/SC(=S)N(NC(=O)C3CCCCC3)C2=O)cc1. The number of hydrogen-bond acceptors (Lipinski definition) is 5. The van der Waals surface area contributed by atoms with Crippen molar-refractivity contribution >= 4 is 52.2 Å². The van der Waals surface area contributed by atoms with Gasteiger partial charge in [0, 0.05) is 5.92 Å². The molecule has 1 aliphatic carbocycles. The van der Waals surface area contributed by atoms with E-state index in [0.717, 1.165) is 48.9 Å². The van der Waals surface area contributed by atoms with E-state index in [0.29, 0.717) is 10.5 Å². The van der Waals surface area contributed by atoms with Gasteiger partial charge in [0.25, 0.3) is 5.91 Å². The van der Waals surface area contributed by atoms with Gasteiger partial charge in [-0.1, -0.05) is 43.2 Å². The summed E-state index contributed by atoms with van der Waals surface area (Å²) in [5.74, 6) is -1.60. The van der Waals surface area contributed by atoms with E-state index in [2.05, 4.69) is 5.43 Å². The first-order chi connectivity index (χ1) is 12.5. The number of thioether (sulfide) groups is 1. The maximum atomic E-state index is 12.6. The molecular weight excluding hydrogens is 372 g/mol. The zero-order chi connectivity index (χ0) is 18.7. The zero-order valence-electron chi connectivity index (χ0n) is 13.9. The molecule has 1 heterocycles. The standard InChI is InChI=1S/C18H18N2O4S2/c21-15(12-4-2-1-3-5-12)19-20-16(22)14(26-18(20)25)10-11-6-8-13(9-7-11)17(23)24/h6-10,12H,1-5H2,(H,19,21)(H,23,24)/b14-10+. The number of carboxylic acids is 1. The topological polar surface area (TPSA) is 86.7 Å². The predicted octanol–water partition coefficient (Wildman–Crippen LogP) is 3.20. The second kappa shape index (κ2) is 8.01. The first-order valence-corrected chi connectivity index (χ1v) is 9.60. The van der Waals surface area contributed by atoms with Gasteiger partial charge in [-0.15, -0.1) is 0 Å². The van der Waals surface area contributed by atoms with Crippen molar-refractivity contribution in [1.82, 2.24) is 10.4 Å². The van der Waals surface area contributed by atoms with Gasteiger partial charge in [0.15, 0.2) is 4.32 Å². The summed E-state index contributed by atoms with van der Waals surface area (Å²) in [6.45, 7) is 0. The Morgan fingerprint density at radius 1 is 1.19 bits per heavy atom. The number of benzene rings is 1. The molecule has 2 N–H and O–H groups in total. The molecule has 0 spiro atoms. The van der Waals surface area contributed by atoms with Crippen LogP contribution in [0.4, 0.5) is 0 Å². The number of thiocarbonyl (C=S) groups is 1. The zero-order valence-corrected chi connectivity index (χ0v) is 15.6. The van der Waals surface area contributed by atoms with E-state index >= 15 is 0 Å². The summed E-state index contributed by atoms with van der Waals surface area (Å²) in [6.07, 6.45) is 6.52. The molecule has 6 nitrogen and oxygen atoms in total. The Labute approximate surface area is 160 Å². The summed E-state index contributed by atoms with van der Waals surface area (Å²) in [7, 11) is 0. The van der Waals surface area contributed by atoms with Crippen LogP contribution in [0.25, 0.3) is 6.08 Å². The van der Waals surface area contributed by atoms with Gasteiger partial charge in [-0.2, -0.15) is 5.01 Å². The highest BCUT2D eigenvalue weighted by Crippen LogP contribution is 2.32. The van der Waals surface area contributed by atoms with Crippen LogP contribution in [0.1, 0.15) is 48.0 Å². The van der Waals surface area contributed by atoms with Crippen LogP contribution in [0.3, 0.4) is 0 Å². The molecule has 8 heteroatoms. The second-order valence-corrected chi connectivity index (χ2v) is 7.93. The monoisotopic (exact) mass is 390 g/mol. The highest BCUT2D eigenvalue weighted by atomic mass is 32.2. The fraction of sp³-hybridized carbons (Fsp3) is 0.333. The molecule has 1 saturated heterocycles. The summed E-state index contributed by atoms with van der Waals surface area (Å²) in [5, 5.41) is 10.1. The van der Waals surface area contributed by atoms with Crippen LogP contribution in [0, 0.1) is 5.92 Å². The number of nitrogens with zero attached hydrogens (tertiary/aromatic N) is 1. The van der Waals surface area contributed by atoms with Gasteiger partial charge in [-0.05, 0) is 48.8 Å². The maximum absolute atomic E-state index is 12.6. The molecule has 1 saturated carbocycles. The summed E-state index contributed by atoms with van der Waals surface area (Å²) in [5.41, 5.74) is 3.52. The Kier molecular flexibility index (Phi) is 5.73. The molecule has 2 aliphatic rings. The third kappa shape index (κ3) is 4.13. The molecule has 0 atom stereocenters. The van der Waals surface area contributed by atoms with Gasteiger partial charge in [-0.3, -0.25) is 15.0 Å². The van der Waals surface area contributed by atoms with E-state index in [4.69, 9.17) is 17.3 Å². The van der Waals surface area contributed by atoms with Crippen molar-refractivity contribution in [2.24, 2.45) is 5.92 Å². The van der Waals surface area contributed by atoms with Crippen molar-refractivity contribution in [3.05, 3.63) is 40.3 Å². The maximum Gasteiger partial charge on any atom is 0.335 e. The molecule has 2 amide bonds. The largest absolute Gasteiger partial charge is 0.478 e. The Morgan fingerprint density at radius 2 is 1.85 bits per heavy atom. The molecular formula is C18H18N2O4S2. The molecule has 0 bridgehead atoms. The van der Waals surface area contributed by atoms with E-state index in [1.54, 1.807) is 18.2 Å². The minimum atomic E-state index is -1.01. The summed E-state index contributed by atoms with van der Waals surface area (Å²) in [6, 6.07) is 6.19. The van der Waals surface area contributed by atoms with E-state index in [-0.39, 0.29) is 27.6 Å². The second-order valence-electron chi connectivity index (χ2n) is 6.26. The molecule has 136 valence electrons. The number of carbonyl (C=O) groups excluding carboxylic acids is 2. The quantitative estimate of drug-likeness (QED) is 0.606. The summed E-state index contributed by atoms with van der Waals surface area (Å²) in [4.78, 5) is 36.2. The van der Waals surface area contributed by atoms with Crippen LogP contribution in [0.2, 0.25) is 0 Å². The van der Waals surface area contributed by atoms with E-state index in [1.165, 1.54) is 12.1 Å². The van der Waals surface area contributed by atoms with Crippen molar-refractivity contribution in [1.29, 1.82) is 0 Å². The number of carbonyl (C=O) groups is 3. The van der Waals surface area contributed by atoms with Crippen molar-refractivity contribution in [3.8, 4) is 0 Å². The number of amides is 2. The number of rotatable bonds is 4. The first kappa shape index (κ1) is 18.6. The molecule has 1 aromatic carbocycles. The highest BCUT2D eigenvalue weighted by molar-refractivity contribution is 8.26. The molecule has 1 aromatic rings. The van der Waals surface area contributed by atoms with Gasteiger partial charge in [0.05, 0.1) is 10.5 Å². The van der Waals surface area contributed by atoms with Gasteiger partial charge < -0.3 is 5.11 Å². The Hall–Kier alpha value is -2.19. The van der Waals surface area contributed by atoms with E-state index < -0.39 is 5.97 Å². The molecule has 0 aromatic heterocycles. The molecule has 26 heavy (non-hydrogen) atoms. The van der Waals surface area contributed by atoms with Crippen molar-refractivity contribution in [3.63, 3.8) is 0 Å². The predicted molar refractivity (Wildman–Crippen MR) is 103 cm³/mol. The van der Waals surface area contributed by atoms with Crippen molar-refractivity contribution in [2.45, 2.75) is 32.1 Å². The number of carboxylic acid groups (broad SMARTS) is 1. The van der Waals surface area contributed by atoms with Crippen LogP contribution in [-0.2, 0) is 9.59 Å². The third-order valence-corrected chi connectivity index (χ3v) is 5.75. The lowest BCUT2D eigenvalue weighted by Gasteiger charge is -2.23. The molecule has 3 rings (SSSR count). The average Bonchev–Trinajstić information content (AvgIpc) is 2.90. The Balaban J connectivity index is 1.69. The fourth-order valence-electron chi connectivity index (χ4n) is 3.00. The van der Waals surface area contributed by atoms with Gasteiger partial charge in [-0.25, -0.2) is 4.79 Å². The Morgan fingerprint density at radius 3 is 2.46 bits per heavy atom. The van der Waals surface area contributed by atoms with Crippen LogP contribution >= 0.6 is 24.0 Å². The summed E-state index contributed by atoms with van der Waals surface area (Å²) >= 11 is 6.33. The van der Waals surface area contributed by atoms with Crippen LogP contribution < -0.4 is 5.43 Å². The lowest BCUT2D eigenvalue weighted by atomic mass is 9.89. The van der Waals surface area contributed by atoms with Crippen LogP contribution in [0.15, 0.2) is 29.2 Å². The first-order valence-electron chi connectivity index (χ1n) is 8.37. The number of hydrogen-bond donors (Lipinski definition) is 2. The van der Waals surface area contributed by atoms with E-state index in [1.807, 2.05) is 0 Å². The summed E-state index contributed by atoms with van der Waals surface area (Å²) < 4.78 is 0.285. The molecule has 2 fully saturated rings. The smallest absolute Gasteiger partial charge is 0.335 e. The minimum absolute atomic E-state index is 0.0686. The van der Waals surface area contributed by atoms with Gasteiger partial charge >= 0.3 is 5.97 Å². The number of aromatic carboxylic acids is 1. The van der Waals surface area contributed by atoms with E-state index in [9.17, 15) is 14.4 Å². The van der Waals surface area contributed by atoms with Gasteiger partial charge in [0.2, 0.25) is 5.91 Å². The van der Waals surface area contributed by atoms with Crippen LogP contribution in [0.5, 0.6) is 0 Å². The lowest BCUT2D eigenvalue weighted by molar-refractivity contribution is -0.136. The molecule has 0 radical (unpaired) electrons. The molecule has 1 aliphatic heterocycles. The van der Waals surface area contributed by atoms with Gasteiger partial charge in [0.1, 0.15) is 0 Å². The number of nitrogens with one attached hydrogen (secondary N) is 1. The minimum Gasteiger partial charge on any atom is -0.478 e. The number of hydrazine groups is 1. The third-order valence-electron chi connectivity index (χ3n) is 4.45. The lowest BCUT2D eigenvalue weighted by Crippen LogP contribution is -2.47. The van der Waals surface area contributed by atoms with Crippen molar-refractivity contribution in [2.75, 3.05) is 0 Å². The fourth-order valence-corrected chi connectivity index (χ4v) is 4.18. The highest BCUT2D eigenvalue weighted by Gasteiger charge is 2.35.